The van der Waals surface area contributed by atoms with E-state index in [1.54, 1.807) is 0 Å². The first-order valence-corrected chi connectivity index (χ1v) is 16.5. The van der Waals surface area contributed by atoms with Gasteiger partial charge < -0.3 is 25.1 Å². The highest BCUT2D eigenvalue weighted by Gasteiger charge is 2.65. The fourth-order valence-electron chi connectivity index (χ4n) is 10.2. The molecule has 6 nitrogen and oxygen atoms in total. The summed E-state index contributed by atoms with van der Waals surface area (Å²) in [5, 5.41) is 36.8. The molecule has 0 aromatic rings. The van der Waals surface area contributed by atoms with Crippen molar-refractivity contribution >= 4 is 5.91 Å². The van der Waals surface area contributed by atoms with Crippen molar-refractivity contribution in [2.24, 2.45) is 46.3 Å². The second-order valence-corrected chi connectivity index (χ2v) is 15.5. The molecule has 0 heterocycles. The smallest absolute Gasteiger partial charge is 0.220 e. The second kappa shape index (κ2) is 12.3. The summed E-state index contributed by atoms with van der Waals surface area (Å²) in [7, 11) is 4.51. The van der Waals surface area contributed by atoms with Crippen LogP contribution in [0.5, 0.6) is 0 Å². The van der Waals surface area contributed by atoms with Crippen LogP contribution >= 0.6 is 0 Å². The summed E-state index contributed by atoms with van der Waals surface area (Å²) in [5.74, 6) is 2.16. The number of nitrogens with zero attached hydrogens (tertiary/aromatic N) is 1. The number of nitrogens with one attached hydrogen (secondary N) is 1. The summed E-state index contributed by atoms with van der Waals surface area (Å²) in [4.78, 5) is 12.7. The molecule has 0 aromatic heterocycles. The van der Waals surface area contributed by atoms with Gasteiger partial charge in [-0.05, 0) is 111 Å². The van der Waals surface area contributed by atoms with Crippen LogP contribution in [0.3, 0.4) is 0 Å². The fraction of sp³-hybridized carbons (Fsp3) is 0.970. The molecule has 4 N–H and O–H groups in total. The molecule has 1 amide bonds. The maximum atomic E-state index is 12.7. The normalized spacial score (nSPS) is 42.8. The van der Waals surface area contributed by atoms with Crippen LogP contribution in [0.2, 0.25) is 0 Å². The van der Waals surface area contributed by atoms with Gasteiger partial charge in [-0.2, -0.15) is 0 Å². The van der Waals surface area contributed by atoms with Crippen molar-refractivity contribution in [2.45, 2.75) is 123 Å². The number of quaternary nitrogens is 1. The van der Waals surface area contributed by atoms with Crippen LogP contribution in [0.25, 0.3) is 0 Å². The van der Waals surface area contributed by atoms with Crippen LogP contribution in [0, 0.1) is 46.3 Å². The van der Waals surface area contributed by atoms with Gasteiger partial charge in [0.25, 0.3) is 0 Å². The summed E-state index contributed by atoms with van der Waals surface area (Å²) in [6, 6.07) is 0. The highest BCUT2D eigenvalue weighted by atomic mass is 16.3. The van der Waals surface area contributed by atoms with E-state index in [0.717, 1.165) is 75.5 Å². The Kier molecular flexibility index (Phi) is 9.83. The van der Waals surface area contributed by atoms with Crippen LogP contribution < -0.4 is 5.32 Å². The van der Waals surface area contributed by atoms with Gasteiger partial charge in [0.2, 0.25) is 5.91 Å². The van der Waals surface area contributed by atoms with E-state index in [-0.39, 0.29) is 41.0 Å². The van der Waals surface area contributed by atoms with Crippen LogP contribution in [0.4, 0.5) is 0 Å². The van der Waals surface area contributed by atoms with Gasteiger partial charge in [-0.1, -0.05) is 34.1 Å². The van der Waals surface area contributed by atoms with Gasteiger partial charge in [0.15, 0.2) is 0 Å². The molecule has 0 aliphatic heterocycles. The van der Waals surface area contributed by atoms with Crippen LogP contribution in [-0.2, 0) is 4.79 Å². The van der Waals surface area contributed by atoms with E-state index in [0.29, 0.717) is 36.0 Å². The van der Waals surface area contributed by atoms with Crippen LogP contribution in [0.1, 0.15) is 105 Å². The lowest BCUT2D eigenvalue weighted by Gasteiger charge is -2.63. The fourth-order valence-corrected chi connectivity index (χ4v) is 10.2. The highest BCUT2D eigenvalue weighted by molar-refractivity contribution is 5.75. The summed E-state index contributed by atoms with van der Waals surface area (Å²) in [5.41, 5.74) is -0.0914. The second-order valence-electron chi connectivity index (χ2n) is 15.5. The van der Waals surface area contributed by atoms with E-state index in [1.807, 2.05) is 0 Å². The largest absolute Gasteiger partial charge is 0.393 e. The number of carbonyl (C=O) groups is 1. The zero-order valence-corrected chi connectivity index (χ0v) is 26.0. The van der Waals surface area contributed by atoms with Gasteiger partial charge in [0.05, 0.1) is 52.0 Å². The predicted molar refractivity (Wildman–Crippen MR) is 157 cm³/mol. The molecule has 4 aliphatic carbocycles. The van der Waals surface area contributed by atoms with E-state index in [1.165, 1.54) is 19.3 Å². The van der Waals surface area contributed by atoms with E-state index in [4.69, 9.17) is 0 Å². The summed E-state index contributed by atoms with van der Waals surface area (Å²) in [6.07, 6.45) is 10.6. The topological polar surface area (TPSA) is 89.8 Å². The number of likely N-dealkylation sites (N-methyl/N-ethyl adjacent to an activating group) is 1. The first-order valence-electron chi connectivity index (χ1n) is 16.5. The number of hydrogen-bond acceptors (Lipinski definition) is 4. The van der Waals surface area contributed by atoms with Gasteiger partial charge >= 0.3 is 0 Å². The van der Waals surface area contributed by atoms with Gasteiger partial charge in [0, 0.05) is 6.42 Å². The molecule has 4 saturated carbocycles. The first kappa shape index (κ1) is 31.3. The molecule has 4 fully saturated rings. The first-order chi connectivity index (χ1) is 18.3. The molecule has 0 radical (unpaired) electrons. The minimum Gasteiger partial charge on any atom is -0.393 e. The SMILES string of the molecule is CCCCC[N+](C)(C)CCNC(=O)CC[C@@H](C)[C@H]1CCC2C3C(C[C@H](O)[C@@]21C)[C@@]1(C)CC[C@@H](O)CC1C[C@H]3O. The molecule has 0 bridgehead atoms. The number of aliphatic hydroxyl groups is 3. The van der Waals surface area contributed by atoms with E-state index in [2.05, 4.69) is 47.1 Å². The Bertz CT molecular complexity index is 835. The van der Waals surface area contributed by atoms with E-state index >= 15 is 0 Å². The Labute approximate surface area is 238 Å². The average molecular weight is 550 g/mol. The average Bonchev–Trinajstić information content (AvgIpc) is 3.22. The molecule has 4 aliphatic rings. The molecule has 4 rings (SSSR count). The van der Waals surface area contributed by atoms with Crippen molar-refractivity contribution in [1.29, 1.82) is 0 Å². The maximum absolute atomic E-state index is 12.7. The number of aliphatic hydroxyl groups excluding tert-OH is 3. The summed E-state index contributed by atoms with van der Waals surface area (Å²) < 4.78 is 0.949. The number of fused-ring (bicyclic) bond motifs is 5. The van der Waals surface area contributed by atoms with E-state index in [9.17, 15) is 20.1 Å². The van der Waals surface area contributed by atoms with Crippen LogP contribution in [-0.4, -0.2) is 77.8 Å². The molecule has 0 spiro atoms. The maximum Gasteiger partial charge on any atom is 0.220 e. The lowest BCUT2D eigenvalue weighted by molar-refractivity contribution is -0.889. The van der Waals surface area contributed by atoms with Crippen molar-refractivity contribution in [1.82, 2.24) is 5.32 Å². The van der Waals surface area contributed by atoms with Crippen LogP contribution in [0.15, 0.2) is 0 Å². The third kappa shape index (κ3) is 6.24. The molecule has 6 heteroatoms. The van der Waals surface area contributed by atoms with Crippen molar-refractivity contribution in [3.05, 3.63) is 0 Å². The summed E-state index contributed by atoms with van der Waals surface area (Å²) in [6.45, 7) is 12.1. The van der Waals surface area contributed by atoms with Gasteiger partial charge in [-0.3, -0.25) is 4.79 Å². The molecule has 0 aromatic carbocycles. The third-order valence-corrected chi connectivity index (χ3v) is 12.8. The summed E-state index contributed by atoms with van der Waals surface area (Å²) >= 11 is 0. The Morgan fingerprint density at radius 2 is 1.74 bits per heavy atom. The molecular formula is C33H61N2O4+. The monoisotopic (exact) mass is 549 g/mol. The molecule has 226 valence electrons. The predicted octanol–water partition coefficient (Wildman–Crippen LogP) is 4.75. The Morgan fingerprint density at radius 3 is 2.46 bits per heavy atom. The number of amides is 1. The zero-order valence-electron chi connectivity index (χ0n) is 26.0. The van der Waals surface area contributed by atoms with Gasteiger partial charge in [0.1, 0.15) is 0 Å². The quantitative estimate of drug-likeness (QED) is 0.221. The van der Waals surface area contributed by atoms with Crippen molar-refractivity contribution in [2.75, 3.05) is 33.7 Å². The lowest BCUT2D eigenvalue weighted by atomic mass is 9.43. The molecule has 11 atom stereocenters. The van der Waals surface area contributed by atoms with Crippen molar-refractivity contribution in [3.8, 4) is 0 Å². The number of hydrogen-bond donors (Lipinski definition) is 4. The molecule has 0 saturated heterocycles. The minimum absolute atomic E-state index is 0.108. The number of carbonyl (C=O) groups excluding carboxylic acids is 1. The number of unbranched alkanes of at least 4 members (excludes halogenated alkanes) is 2. The standard InChI is InChI=1S/C33H60N2O4/c1-7-8-9-17-35(5,6)18-16-34-30(39)13-10-22(2)25-11-12-26-31-27(21-29(38)33(25,26)4)32(3)15-14-24(36)19-23(32)20-28(31)37/h22-29,31,36-38H,7-21H2,1-6H3/p+1/t22-,23?,24-,25-,26?,27?,28-,29+,31?,32+,33-/m1/s1. The zero-order chi connectivity index (χ0) is 28.6. The molecule has 4 unspecified atom stereocenters. The molecular weight excluding hydrogens is 488 g/mol. The Hall–Kier alpha value is -0.690. The van der Waals surface area contributed by atoms with Crippen molar-refractivity contribution < 1.29 is 24.6 Å². The number of rotatable bonds is 11. The van der Waals surface area contributed by atoms with Gasteiger partial charge in [-0.15, -0.1) is 0 Å². The van der Waals surface area contributed by atoms with E-state index < -0.39 is 0 Å². The Balaban J connectivity index is 1.33. The van der Waals surface area contributed by atoms with Crippen molar-refractivity contribution in [3.63, 3.8) is 0 Å². The molecule has 39 heavy (non-hydrogen) atoms. The Morgan fingerprint density at radius 1 is 1.00 bits per heavy atom. The lowest BCUT2D eigenvalue weighted by Crippen LogP contribution is -2.62. The third-order valence-electron chi connectivity index (χ3n) is 12.8. The van der Waals surface area contributed by atoms with Gasteiger partial charge in [-0.25, -0.2) is 0 Å². The minimum atomic E-state index is -0.366. The highest BCUT2D eigenvalue weighted by Crippen LogP contribution is 2.68.